The molecule has 0 radical (unpaired) electrons. The SMILES string of the molecule is CC(Cc1ccccc1F)C(=O)N(Cc1ccccn1)C1CCCNCC1. The van der Waals surface area contributed by atoms with Gasteiger partial charge in [-0.1, -0.05) is 31.2 Å². The van der Waals surface area contributed by atoms with E-state index in [9.17, 15) is 9.18 Å². The fraction of sp³-hybridized carbons (Fsp3) is 0.455. The highest BCUT2D eigenvalue weighted by Gasteiger charge is 2.28. The maximum atomic E-state index is 14.0. The zero-order valence-corrected chi connectivity index (χ0v) is 15.9. The van der Waals surface area contributed by atoms with Crippen molar-refractivity contribution in [1.29, 1.82) is 0 Å². The van der Waals surface area contributed by atoms with Gasteiger partial charge in [-0.25, -0.2) is 4.39 Å². The molecule has 1 aliphatic rings. The van der Waals surface area contributed by atoms with Crippen molar-refractivity contribution in [2.75, 3.05) is 13.1 Å². The van der Waals surface area contributed by atoms with Crippen LogP contribution in [0.3, 0.4) is 0 Å². The molecule has 1 aromatic carbocycles. The van der Waals surface area contributed by atoms with E-state index in [1.54, 1.807) is 18.3 Å². The van der Waals surface area contributed by atoms with Gasteiger partial charge in [-0.3, -0.25) is 9.78 Å². The van der Waals surface area contributed by atoms with Gasteiger partial charge in [0.15, 0.2) is 0 Å². The van der Waals surface area contributed by atoms with Gasteiger partial charge in [-0.15, -0.1) is 0 Å². The molecule has 2 aromatic rings. The Labute approximate surface area is 160 Å². The molecule has 0 aliphatic carbocycles. The van der Waals surface area contributed by atoms with Crippen LogP contribution >= 0.6 is 0 Å². The van der Waals surface area contributed by atoms with E-state index in [2.05, 4.69) is 10.3 Å². The van der Waals surface area contributed by atoms with E-state index in [0.717, 1.165) is 38.0 Å². The summed E-state index contributed by atoms with van der Waals surface area (Å²) in [5.41, 5.74) is 1.49. The number of pyridine rings is 1. The van der Waals surface area contributed by atoms with Gasteiger partial charge in [0, 0.05) is 18.2 Å². The highest BCUT2D eigenvalue weighted by atomic mass is 19.1. The molecule has 2 unspecified atom stereocenters. The molecule has 2 atom stereocenters. The van der Waals surface area contributed by atoms with Gasteiger partial charge < -0.3 is 10.2 Å². The van der Waals surface area contributed by atoms with Crippen molar-refractivity contribution in [1.82, 2.24) is 15.2 Å². The van der Waals surface area contributed by atoms with Crippen LogP contribution in [-0.4, -0.2) is 34.9 Å². The molecule has 1 fully saturated rings. The highest BCUT2D eigenvalue weighted by Crippen LogP contribution is 2.21. The fourth-order valence-corrected chi connectivity index (χ4v) is 3.73. The third kappa shape index (κ3) is 5.36. The first-order chi connectivity index (χ1) is 13.1. The average molecular weight is 369 g/mol. The van der Waals surface area contributed by atoms with Crippen molar-refractivity contribution < 1.29 is 9.18 Å². The molecule has 0 saturated carbocycles. The van der Waals surface area contributed by atoms with Crippen LogP contribution < -0.4 is 5.32 Å². The van der Waals surface area contributed by atoms with Crippen LogP contribution in [0.1, 0.15) is 37.4 Å². The second kappa shape index (κ2) is 9.60. The summed E-state index contributed by atoms with van der Waals surface area (Å²) < 4.78 is 14.0. The van der Waals surface area contributed by atoms with E-state index in [1.165, 1.54) is 6.07 Å². The Hall–Kier alpha value is -2.27. The molecular formula is C22H28FN3O. The van der Waals surface area contributed by atoms with Crippen molar-refractivity contribution in [2.45, 2.75) is 45.2 Å². The number of benzene rings is 1. The molecule has 27 heavy (non-hydrogen) atoms. The second-order valence-corrected chi connectivity index (χ2v) is 7.32. The summed E-state index contributed by atoms with van der Waals surface area (Å²) in [6.07, 6.45) is 5.14. The molecule has 1 aliphatic heterocycles. The smallest absolute Gasteiger partial charge is 0.226 e. The van der Waals surface area contributed by atoms with Gasteiger partial charge in [-0.2, -0.15) is 0 Å². The molecule has 144 valence electrons. The van der Waals surface area contributed by atoms with Crippen LogP contribution in [-0.2, 0) is 17.8 Å². The summed E-state index contributed by atoms with van der Waals surface area (Å²) in [5.74, 6) is -0.440. The standard InChI is InChI=1S/C22H28FN3O/c1-17(15-18-7-2-3-10-21(18)23)22(27)26(16-19-8-4-5-13-25-19)20-9-6-12-24-14-11-20/h2-5,7-8,10,13,17,20,24H,6,9,11-12,14-16H2,1H3. The summed E-state index contributed by atoms with van der Waals surface area (Å²) in [5, 5.41) is 3.41. The van der Waals surface area contributed by atoms with Gasteiger partial charge in [0.25, 0.3) is 0 Å². The number of halogens is 1. The second-order valence-electron chi connectivity index (χ2n) is 7.32. The number of amides is 1. The Kier molecular flexibility index (Phi) is 6.93. The minimum atomic E-state index is -0.276. The molecular weight excluding hydrogens is 341 g/mol. The van der Waals surface area contributed by atoms with E-state index >= 15 is 0 Å². The Morgan fingerprint density at radius 2 is 2.04 bits per heavy atom. The molecule has 4 nitrogen and oxygen atoms in total. The van der Waals surface area contributed by atoms with E-state index < -0.39 is 0 Å². The molecule has 1 saturated heterocycles. The van der Waals surface area contributed by atoms with Gasteiger partial charge in [0.05, 0.1) is 12.2 Å². The summed E-state index contributed by atoms with van der Waals surface area (Å²) in [4.78, 5) is 19.7. The Bertz CT molecular complexity index is 729. The van der Waals surface area contributed by atoms with Crippen molar-refractivity contribution in [2.24, 2.45) is 5.92 Å². The highest BCUT2D eigenvalue weighted by molar-refractivity contribution is 5.79. The third-order valence-corrected chi connectivity index (χ3v) is 5.23. The molecule has 2 heterocycles. The van der Waals surface area contributed by atoms with Crippen molar-refractivity contribution in [3.8, 4) is 0 Å². The number of rotatable bonds is 6. The molecule has 1 N–H and O–H groups in total. The zero-order valence-electron chi connectivity index (χ0n) is 15.9. The minimum Gasteiger partial charge on any atom is -0.334 e. The van der Waals surface area contributed by atoms with Gasteiger partial charge in [0.1, 0.15) is 5.82 Å². The lowest BCUT2D eigenvalue weighted by Crippen LogP contribution is -2.43. The summed E-state index contributed by atoms with van der Waals surface area (Å²) >= 11 is 0. The summed E-state index contributed by atoms with van der Waals surface area (Å²) in [7, 11) is 0. The lowest BCUT2D eigenvalue weighted by Gasteiger charge is -2.33. The zero-order chi connectivity index (χ0) is 19.1. The number of hydrogen-bond donors (Lipinski definition) is 1. The Morgan fingerprint density at radius 1 is 1.22 bits per heavy atom. The van der Waals surface area contributed by atoms with Crippen LogP contribution in [0.25, 0.3) is 0 Å². The topological polar surface area (TPSA) is 45.2 Å². The predicted molar refractivity (Wildman–Crippen MR) is 105 cm³/mol. The number of carbonyl (C=O) groups excluding carboxylic acids is 1. The van der Waals surface area contributed by atoms with Crippen molar-refractivity contribution in [3.05, 3.63) is 65.7 Å². The van der Waals surface area contributed by atoms with Gasteiger partial charge in [0.2, 0.25) is 5.91 Å². The van der Waals surface area contributed by atoms with Gasteiger partial charge in [-0.05, 0) is 62.5 Å². The fourth-order valence-electron chi connectivity index (χ4n) is 3.73. The lowest BCUT2D eigenvalue weighted by molar-refractivity contribution is -0.138. The maximum absolute atomic E-state index is 14.0. The van der Waals surface area contributed by atoms with Crippen LogP contribution in [0, 0.1) is 11.7 Å². The summed E-state index contributed by atoms with van der Waals surface area (Å²) in [6.45, 7) is 4.31. The van der Waals surface area contributed by atoms with Crippen molar-refractivity contribution in [3.63, 3.8) is 0 Å². The number of aromatic nitrogens is 1. The van der Waals surface area contributed by atoms with Crippen molar-refractivity contribution >= 4 is 5.91 Å². The number of carbonyl (C=O) groups is 1. The first kappa shape index (κ1) is 19.5. The number of hydrogen-bond acceptors (Lipinski definition) is 3. The number of nitrogens with one attached hydrogen (secondary N) is 1. The summed E-state index contributed by atoms with van der Waals surface area (Å²) in [6, 6.07) is 12.7. The first-order valence-corrected chi connectivity index (χ1v) is 9.79. The number of nitrogens with zero attached hydrogens (tertiary/aromatic N) is 2. The van der Waals surface area contributed by atoms with Gasteiger partial charge >= 0.3 is 0 Å². The van der Waals surface area contributed by atoms with E-state index in [4.69, 9.17) is 0 Å². The van der Waals surface area contributed by atoms with Crippen LogP contribution in [0.15, 0.2) is 48.7 Å². The Balaban J connectivity index is 1.77. The molecule has 1 aromatic heterocycles. The molecule has 5 heteroatoms. The molecule has 0 bridgehead atoms. The van der Waals surface area contributed by atoms with E-state index in [-0.39, 0.29) is 23.7 Å². The molecule has 0 spiro atoms. The Morgan fingerprint density at radius 3 is 2.81 bits per heavy atom. The quantitative estimate of drug-likeness (QED) is 0.847. The van der Waals surface area contributed by atoms with Crippen LogP contribution in [0.5, 0.6) is 0 Å². The van der Waals surface area contributed by atoms with E-state index in [0.29, 0.717) is 18.5 Å². The van der Waals surface area contributed by atoms with E-state index in [1.807, 2.05) is 36.1 Å². The predicted octanol–water partition coefficient (Wildman–Crippen LogP) is 3.57. The van der Waals surface area contributed by atoms with Crippen LogP contribution in [0.4, 0.5) is 4.39 Å². The average Bonchev–Trinajstić information content (AvgIpc) is 2.97. The maximum Gasteiger partial charge on any atom is 0.226 e. The third-order valence-electron chi connectivity index (χ3n) is 5.23. The largest absolute Gasteiger partial charge is 0.334 e. The lowest BCUT2D eigenvalue weighted by atomic mass is 9.97. The minimum absolute atomic E-state index is 0.0795. The first-order valence-electron chi connectivity index (χ1n) is 9.79. The molecule has 3 rings (SSSR count). The molecule has 1 amide bonds. The van der Waals surface area contributed by atoms with Crippen LogP contribution in [0.2, 0.25) is 0 Å². The monoisotopic (exact) mass is 369 g/mol. The normalized spacial score (nSPS) is 18.5.